The summed E-state index contributed by atoms with van der Waals surface area (Å²) in [5.74, 6) is 0. The van der Waals surface area contributed by atoms with E-state index in [2.05, 4.69) is 21.1 Å². The van der Waals surface area contributed by atoms with Crippen LogP contribution in [0.2, 0.25) is 0 Å². The Kier molecular flexibility index (Phi) is 7.62. The number of imidazole rings is 1. The fourth-order valence-corrected chi connectivity index (χ4v) is 1.49. The lowest BCUT2D eigenvalue weighted by Gasteiger charge is -2.04. The van der Waals surface area contributed by atoms with Gasteiger partial charge in [-0.05, 0) is 13.5 Å². The summed E-state index contributed by atoms with van der Waals surface area (Å²) < 4.78 is 12.5. The zero-order valence-electron chi connectivity index (χ0n) is 10.8. The van der Waals surface area contributed by atoms with E-state index in [0.29, 0.717) is 0 Å². The van der Waals surface area contributed by atoms with Gasteiger partial charge < -0.3 is 19.4 Å². The molecule has 5 heteroatoms. The Morgan fingerprint density at radius 2 is 2.24 bits per heavy atom. The molecular formula is C12H23N3O2. The van der Waals surface area contributed by atoms with Crippen LogP contribution in [0.4, 0.5) is 0 Å². The van der Waals surface area contributed by atoms with Crippen molar-refractivity contribution in [3.05, 3.63) is 18.2 Å². The van der Waals surface area contributed by atoms with Crippen molar-refractivity contribution >= 4 is 0 Å². The molecule has 0 saturated carbocycles. The van der Waals surface area contributed by atoms with Gasteiger partial charge in [-0.2, -0.15) is 0 Å². The van der Waals surface area contributed by atoms with Gasteiger partial charge in [0.1, 0.15) is 0 Å². The number of rotatable bonds is 10. The van der Waals surface area contributed by atoms with Crippen LogP contribution >= 0.6 is 0 Å². The summed E-state index contributed by atoms with van der Waals surface area (Å²) in [7, 11) is 3.66. The largest absolute Gasteiger partial charge is 0.385 e. The van der Waals surface area contributed by atoms with E-state index in [1.807, 2.05) is 13.4 Å². The number of aromatic nitrogens is 2. The lowest BCUT2D eigenvalue weighted by molar-refractivity contribution is 0.0977. The first-order valence-electron chi connectivity index (χ1n) is 6.08. The highest BCUT2D eigenvalue weighted by Crippen LogP contribution is 1.97. The van der Waals surface area contributed by atoms with Crippen molar-refractivity contribution in [2.45, 2.75) is 19.4 Å². The van der Waals surface area contributed by atoms with Crippen LogP contribution in [0, 0.1) is 0 Å². The highest BCUT2D eigenvalue weighted by Gasteiger charge is 1.98. The summed E-state index contributed by atoms with van der Waals surface area (Å²) in [6.45, 7) is 4.07. The molecule has 0 spiro atoms. The molecule has 0 aromatic carbocycles. The van der Waals surface area contributed by atoms with Crippen molar-refractivity contribution in [1.82, 2.24) is 14.9 Å². The summed E-state index contributed by atoms with van der Waals surface area (Å²) in [5, 5.41) is 3.11. The Labute approximate surface area is 103 Å². The van der Waals surface area contributed by atoms with Crippen LogP contribution in [0.15, 0.2) is 12.5 Å². The molecule has 1 rings (SSSR count). The fourth-order valence-electron chi connectivity index (χ4n) is 1.49. The number of nitrogens with one attached hydrogen (secondary N) is 1. The second-order valence-electron chi connectivity index (χ2n) is 3.92. The van der Waals surface area contributed by atoms with Gasteiger partial charge in [0, 0.05) is 46.0 Å². The van der Waals surface area contributed by atoms with E-state index in [4.69, 9.17) is 9.47 Å². The van der Waals surface area contributed by atoms with E-state index in [9.17, 15) is 0 Å². The third-order valence-corrected chi connectivity index (χ3v) is 2.45. The maximum Gasteiger partial charge on any atom is 0.0950 e. The van der Waals surface area contributed by atoms with Crippen LogP contribution in [0.1, 0.15) is 12.1 Å². The lowest BCUT2D eigenvalue weighted by Crippen LogP contribution is -2.10. The molecule has 0 radical (unpaired) electrons. The monoisotopic (exact) mass is 241 g/mol. The number of hydrogen-bond acceptors (Lipinski definition) is 4. The second-order valence-corrected chi connectivity index (χ2v) is 3.92. The SMILES string of the molecule is CNCCc1cn(CCOCCCOC)cn1. The zero-order valence-corrected chi connectivity index (χ0v) is 10.8. The van der Waals surface area contributed by atoms with Crippen LogP contribution in [-0.4, -0.2) is 50.1 Å². The molecule has 0 bridgehead atoms. The first-order chi connectivity index (χ1) is 8.36. The average molecular weight is 241 g/mol. The van der Waals surface area contributed by atoms with E-state index in [1.54, 1.807) is 7.11 Å². The van der Waals surface area contributed by atoms with Crippen molar-refractivity contribution in [1.29, 1.82) is 0 Å². The molecule has 0 fully saturated rings. The summed E-state index contributed by atoms with van der Waals surface area (Å²) >= 11 is 0. The quantitative estimate of drug-likeness (QED) is 0.613. The number of hydrogen-bond donors (Lipinski definition) is 1. The molecule has 0 amide bonds. The van der Waals surface area contributed by atoms with Crippen molar-refractivity contribution in [2.75, 3.05) is 40.5 Å². The average Bonchev–Trinajstić information content (AvgIpc) is 2.79. The number of nitrogens with zero attached hydrogens (tertiary/aromatic N) is 2. The van der Waals surface area contributed by atoms with Gasteiger partial charge in [0.15, 0.2) is 0 Å². The van der Waals surface area contributed by atoms with Gasteiger partial charge in [-0.15, -0.1) is 0 Å². The number of likely N-dealkylation sites (N-methyl/N-ethyl adjacent to an activating group) is 1. The van der Waals surface area contributed by atoms with Crippen LogP contribution in [0.5, 0.6) is 0 Å². The normalized spacial score (nSPS) is 10.9. The molecule has 1 heterocycles. The molecule has 0 unspecified atom stereocenters. The number of ether oxygens (including phenoxy) is 2. The Hall–Kier alpha value is -0.910. The Balaban J connectivity index is 2.08. The van der Waals surface area contributed by atoms with E-state index in [1.165, 1.54) is 0 Å². The van der Waals surface area contributed by atoms with E-state index >= 15 is 0 Å². The molecule has 98 valence electrons. The first-order valence-corrected chi connectivity index (χ1v) is 6.08. The van der Waals surface area contributed by atoms with Gasteiger partial charge in [0.2, 0.25) is 0 Å². The van der Waals surface area contributed by atoms with Crippen molar-refractivity contribution < 1.29 is 9.47 Å². The van der Waals surface area contributed by atoms with E-state index in [0.717, 1.165) is 51.4 Å². The summed E-state index contributed by atoms with van der Waals surface area (Å²) in [5.41, 5.74) is 1.12. The second kappa shape index (κ2) is 9.15. The van der Waals surface area contributed by atoms with Gasteiger partial charge in [0.25, 0.3) is 0 Å². The van der Waals surface area contributed by atoms with Crippen molar-refractivity contribution in [3.63, 3.8) is 0 Å². The molecule has 17 heavy (non-hydrogen) atoms. The van der Waals surface area contributed by atoms with Gasteiger partial charge in [-0.3, -0.25) is 0 Å². The maximum absolute atomic E-state index is 5.49. The van der Waals surface area contributed by atoms with Crippen molar-refractivity contribution in [2.24, 2.45) is 0 Å². The van der Waals surface area contributed by atoms with Gasteiger partial charge in [-0.1, -0.05) is 0 Å². The summed E-state index contributed by atoms with van der Waals surface area (Å²) in [4.78, 5) is 4.33. The minimum Gasteiger partial charge on any atom is -0.385 e. The molecule has 5 nitrogen and oxygen atoms in total. The zero-order chi connectivity index (χ0) is 12.3. The molecule has 0 aliphatic heterocycles. The van der Waals surface area contributed by atoms with Crippen LogP contribution in [0.25, 0.3) is 0 Å². The highest BCUT2D eigenvalue weighted by molar-refractivity contribution is 4.97. The van der Waals surface area contributed by atoms with E-state index in [-0.39, 0.29) is 0 Å². The third kappa shape index (κ3) is 6.41. The van der Waals surface area contributed by atoms with Gasteiger partial charge in [0.05, 0.1) is 18.6 Å². The lowest BCUT2D eigenvalue weighted by atomic mass is 10.3. The maximum atomic E-state index is 5.49. The van der Waals surface area contributed by atoms with E-state index < -0.39 is 0 Å². The molecule has 0 saturated heterocycles. The number of methoxy groups -OCH3 is 1. The topological polar surface area (TPSA) is 48.3 Å². The Bertz CT molecular complexity index is 289. The third-order valence-electron chi connectivity index (χ3n) is 2.45. The Morgan fingerprint density at radius 3 is 3.00 bits per heavy atom. The fraction of sp³-hybridized carbons (Fsp3) is 0.750. The molecule has 0 atom stereocenters. The highest BCUT2D eigenvalue weighted by atomic mass is 16.5. The predicted octanol–water partition coefficient (Wildman–Crippen LogP) is 0.698. The summed E-state index contributed by atoms with van der Waals surface area (Å²) in [6, 6.07) is 0. The molecule has 0 aliphatic carbocycles. The van der Waals surface area contributed by atoms with Crippen LogP contribution in [-0.2, 0) is 22.4 Å². The van der Waals surface area contributed by atoms with Gasteiger partial charge in [-0.25, -0.2) is 4.98 Å². The molecule has 1 N–H and O–H groups in total. The molecule has 1 aromatic rings. The minimum atomic E-state index is 0.728. The standard InChI is InChI=1S/C12H23N3O2/c1-13-5-4-12-10-15(11-14-12)6-9-17-8-3-7-16-2/h10-11,13H,3-9H2,1-2H3. The molecule has 0 aliphatic rings. The summed E-state index contributed by atoms with van der Waals surface area (Å²) in [6.07, 6.45) is 5.87. The molecular weight excluding hydrogens is 218 g/mol. The smallest absolute Gasteiger partial charge is 0.0950 e. The van der Waals surface area contributed by atoms with Crippen LogP contribution < -0.4 is 5.32 Å². The van der Waals surface area contributed by atoms with Crippen LogP contribution in [0.3, 0.4) is 0 Å². The Morgan fingerprint density at radius 1 is 1.35 bits per heavy atom. The predicted molar refractivity (Wildman–Crippen MR) is 67.2 cm³/mol. The first kappa shape index (κ1) is 14.2. The van der Waals surface area contributed by atoms with Gasteiger partial charge >= 0.3 is 0 Å². The minimum absolute atomic E-state index is 0.728. The molecule has 1 aromatic heterocycles. The van der Waals surface area contributed by atoms with Crippen molar-refractivity contribution in [3.8, 4) is 0 Å².